The van der Waals surface area contributed by atoms with E-state index in [4.69, 9.17) is 0 Å². The van der Waals surface area contributed by atoms with Crippen molar-refractivity contribution in [2.45, 2.75) is 78.3 Å². The first kappa shape index (κ1) is 30.9. The number of benzene rings is 1. The normalized spacial score (nSPS) is 15.7. The standard InChI is InChI=1S/C34H46FN5/c1-7-29(23-36)12-11-27(5)34(35,17-18-37-8-2)16-15-30-22-32(26(4)21-25(30)3)39-28(6)31-13-14-33(38-24-31)40-19-9-10-20-40/h7-8,13-14,21-22,24,27,37,39H,2,6,9-12,15-20H2,1,3-5H3/b29-7+. The fraction of sp³-hybridized carbons (Fsp3) is 0.471. The highest BCUT2D eigenvalue weighted by atomic mass is 19.1. The number of aromatic nitrogens is 1. The maximum atomic E-state index is 16.5. The van der Waals surface area contributed by atoms with Crippen molar-refractivity contribution in [2.75, 3.05) is 29.9 Å². The maximum absolute atomic E-state index is 16.5. The number of hydrogen-bond donors (Lipinski definition) is 2. The van der Waals surface area contributed by atoms with Crippen LogP contribution < -0.4 is 15.5 Å². The summed E-state index contributed by atoms with van der Waals surface area (Å²) in [5.41, 5.74) is 5.48. The largest absolute Gasteiger partial charge is 0.391 e. The van der Waals surface area contributed by atoms with E-state index in [0.29, 0.717) is 44.2 Å². The predicted octanol–water partition coefficient (Wildman–Crippen LogP) is 8.03. The van der Waals surface area contributed by atoms with Gasteiger partial charge >= 0.3 is 0 Å². The molecule has 2 N–H and O–H groups in total. The zero-order valence-corrected chi connectivity index (χ0v) is 24.8. The Morgan fingerprint density at radius 3 is 2.60 bits per heavy atom. The molecule has 40 heavy (non-hydrogen) atoms. The minimum atomic E-state index is -1.36. The van der Waals surface area contributed by atoms with Crippen LogP contribution in [0.15, 0.2) is 61.5 Å². The Bertz CT molecular complexity index is 1220. The third kappa shape index (κ3) is 8.21. The van der Waals surface area contributed by atoms with Gasteiger partial charge in [0.25, 0.3) is 0 Å². The Morgan fingerprint density at radius 1 is 1.23 bits per heavy atom. The van der Waals surface area contributed by atoms with E-state index in [-0.39, 0.29) is 5.92 Å². The Labute approximate surface area is 240 Å². The quantitative estimate of drug-likeness (QED) is 0.176. The number of halogens is 1. The first-order valence-corrected chi connectivity index (χ1v) is 14.6. The minimum Gasteiger partial charge on any atom is -0.391 e. The molecule has 0 radical (unpaired) electrons. The molecule has 0 bridgehead atoms. The smallest absolute Gasteiger partial charge is 0.128 e. The van der Waals surface area contributed by atoms with Gasteiger partial charge in [-0.1, -0.05) is 32.2 Å². The van der Waals surface area contributed by atoms with E-state index in [1.54, 1.807) is 6.20 Å². The van der Waals surface area contributed by atoms with Gasteiger partial charge in [0.15, 0.2) is 0 Å². The molecule has 2 aromatic rings. The molecule has 2 atom stereocenters. The summed E-state index contributed by atoms with van der Waals surface area (Å²) in [5.74, 6) is 0.839. The minimum absolute atomic E-state index is 0.179. The van der Waals surface area contributed by atoms with E-state index in [1.165, 1.54) is 12.8 Å². The van der Waals surface area contributed by atoms with Crippen LogP contribution in [0.4, 0.5) is 15.9 Å². The summed E-state index contributed by atoms with van der Waals surface area (Å²) < 4.78 is 16.5. The van der Waals surface area contributed by atoms with Crippen molar-refractivity contribution < 1.29 is 4.39 Å². The summed E-state index contributed by atoms with van der Waals surface area (Å²) in [6.45, 7) is 18.6. The second-order valence-corrected chi connectivity index (χ2v) is 11.1. The van der Waals surface area contributed by atoms with Gasteiger partial charge in [-0.2, -0.15) is 5.26 Å². The highest BCUT2D eigenvalue weighted by Gasteiger charge is 2.35. The van der Waals surface area contributed by atoms with Crippen molar-refractivity contribution in [1.82, 2.24) is 10.3 Å². The number of pyridine rings is 1. The molecule has 0 spiro atoms. The molecule has 1 aromatic heterocycles. The van der Waals surface area contributed by atoms with E-state index in [9.17, 15) is 5.26 Å². The number of rotatable bonds is 15. The van der Waals surface area contributed by atoms with Crippen LogP contribution in [-0.4, -0.2) is 30.3 Å². The maximum Gasteiger partial charge on any atom is 0.128 e. The average molecular weight is 544 g/mol. The molecule has 0 saturated carbocycles. The molecule has 3 rings (SSSR count). The highest BCUT2D eigenvalue weighted by Crippen LogP contribution is 2.36. The lowest BCUT2D eigenvalue weighted by molar-refractivity contribution is 0.0659. The van der Waals surface area contributed by atoms with Gasteiger partial charge in [0.1, 0.15) is 11.5 Å². The van der Waals surface area contributed by atoms with Gasteiger partial charge in [-0.15, -0.1) is 0 Å². The number of anilines is 2. The Balaban J connectivity index is 1.72. The van der Waals surface area contributed by atoms with Crippen LogP contribution in [0.5, 0.6) is 0 Å². The zero-order valence-electron chi connectivity index (χ0n) is 24.8. The van der Waals surface area contributed by atoms with Crippen LogP contribution in [0.25, 0.3) is 5.70 Å². The SMILES string of the molecule is C=CNCCC(F)(CCc1cc(NC(=C)c2ccc(N3CCCC3)nc2)c(C)cc1C)C(C)CC/C(C#N)=C\C. The molecule has 1 saturated heterocycles. The molecule has 1 aromatic carbocycles. The van der Waals surface area contributed by atoms with E-state index in [1.807, 2.05) is 26.1 Å². The van der Waals surface area contributed by atoms with E-state index < -0.39 is 5.67 Å². The lowest BCUT2D eigenvalue weighted by atomic mass is 9.79. The molecule has 2 heterocycles. The van der Waals surface area contributed by atoms with Gasteiger partial charge < -0.3 is 15.5 Å². The van der Waals surface area contributed by atoms with Gasteiger partial charge in [0.05, 0.1) is 6.07 Å². The average Bonchev–Trinajstić information content (AvgIpc) is 3.49. The first-order chi connectivity index (χ1) is 19.2. The molecule has 1 aliphatic heterocycles. The summed E-state index contributed by atoms with van der Waals surface area (Å²) in [6, 6.07) is 10.7. The second-order valence-electron chi connectivity index (χ2n) is 11.1. The predicted molar refractivity (Wildman–Crippen MR) is 167 cm³/mol. The number of hydrogen-bond acceptors (Lipinski definition) is 5. The Morgan fingerprint density at radius 2 is 1.98 bits per heavy atom. The molecule has 1 fully saturated rings. The summed E-state index contributed by atoms with van der Waals surface area (Å²) in [7, 11) is 0. The number of nitriles is 1. The van der Waals surface area contributed by atoms with Crippen LogP contribution in [0.3, 0.4) is 0 Å². The molecule has 0 amide bonds. The van der Waals surface area contributed by atoms with Crippen molar-refractivity contribution in [3.63, 3.8) is 0 Å². The van der Waals surface area contributed by atoms with Crippen molar-refractivity contribution in [3.8, 4) is 6.07 Å². The van der Waals surface area contributed by atoms with Crippen LogP contribution in [0, 0.1) is 31.1 Å². The van der Waals surface area contributed by atoms with E-state index in [0.717, 1.165) is 52.5 Å². The molecule has 2 unspecified atom stereocenters. The number of aryl methyl sites for hydroxylation is 3. The van der Waals surface area contributed by atoms with E-state index >= 15 is 4.39 Å². The van der Waals surface area contributed by atoms with Crippen LogP contribution in [-0.2, 0) is 6.42 Å². The molecular weight excluding hydrogens is 497 g/mol. The lowest BCUT2D eigenvalue weighted by Crippen LogP contribution is -2.35. The molecule has 0 aliphatic carbocycles. The van der Waals surface area contributed by atoms with Gasteiger partial charge in [0, 0.05) is 48.4 Å². The topological polar surface area (TPSA) is 64.0 Å². The molecular formula is C34H46FN5. The second kappa shape index (κ2) is 14.7. The summed E-state index contributed by atoms with van der Waals surface area (Å²) >= 11 is 0. The van der Waals surface area contributed by atoms with Gasteiger partial charge in [-0.05, 0) is 113 Å². The van der Waals surface area contributed by atoms with Crippen LogP contribution in [0.1, 0.15) is 74.6 Å². The van der Waals surface area contributed by atoms with Crippen molar-refractivity contribution in [3.05, 3.63) is 83.7 Å². The number of allylic oxidation sites excluding steroid dienone is 2. The number of alkyl halides is 1. The van der Waals surface area contributed by atoms with Crippen LogP contribution in [0.2, 0.25) is 0 Å². The van der Waals surface area contributed by atoms with Gasteiger partial charge in [-0.3, -0.25) is 0 Å². The molecule has 6 heteroatoms. The monoisotopic (exact) mass is 543 g/mol. The summed E-state index contributed by atoms with van der Waals surface area (Å²) in [5, 5.41) is 15.8. The number of nitrogens with one attached hydrogen (secondary N) is 2. The number of nitrogens with zero attached hydrogens (tertiary/aromatic N) is 3. The summed E-state index contributed by atoms with van der Waals surface area (Å²) in [6.07, 6.45) is 10.4. The van der Waals surface area contributed by atoms with Crippen molar-refractivity contribution in [1.29, 1.82) is 5.26 Å². The fourth-order valence-corrected chi connectivity index (χ4v) is 5.47. The Kier molecular flexibility index (Phi) is 11.4. The van der Waals surface area contributed by atoms with Crippen molar-refractivity contribution >= 4 is 17.2 Å². The van der Waals surface area contributed by atoms with Gasteiger partial charge in [0.2, 0.25) is 0 Å². The first-order valence-electron chi connectivity index (χ1n) is 14.6. The summed E-state index contributed by atoms with van der Waals surface area (Å²) in [4.78, 5) is 6.99. The molecule has 1 aliphatic rings. The molecule has 214 valence electrons. The molecule has 5 nitrogen and oxygen atoms in total. The third-order valence-corrected chi connectivity index (χ3v) is 8.36. The van der Waals surface area contributed by atoms with E-state index in [2.05, 4.69) is 77.9 Å². The van der Waals surface area contributed by atoms with Gasteiger partial charge in [-0.25, -0.2) is 9.37 Å². The Hall–Kier alpha value is -3.59. The highest BCUT2D eigenvalue weighted by molar-refractivity contribution is 5.77. The third-order valence-electron chi connectivity index (χ3n) is 8.36. The lowest BCUT2D eigenvalue weighted by Gasteiger charge is -2.32. The van der Waals surface area contributed by atoms with Crippen LogP contribution >= 0.6 is 0 Å². The zero-order chi connectivity index (χ0) is 29.1. The fourth-order valence-electron chi connectivity index (χ4n) is 5.47. The van der Waals surface area contributed by atoms with Crippen molar-refractivity contribution in [2.24, 2.45) is 5.92 Å².